The zero-order valence-corrected chi connectivity index (χ0v) is 14.1. The molecule has 0 aliphatic rings. The third-order valence-corrected chi connectivity index (χ3v) is 4.48. The molecule has 0 radical (unpaired) electrons. The Hall–Kier alpha value is -0.950. The van der Waals surface area contributed by atoms with Gasteiger partial charge >= 0.3 is 0 Å². The second-order valence-electron chi connectivity index (χ2n) is 4.44. The number of hydrogen-bond acceptors (Lipinski definition) is 4. The smallest absolute Gasteiger partial charge is 0.124 e. The van der Waals surface area contributed by atoms with Crippen LogP contribution in [-0.2, 0) is 17.9 Å². The van der Waals surface area contributed by atoms with Crippen LogP contribution in [0.15, 0.2) is 34.1 Å². The van der Waals surface area contributed by atoms with Crippen molar-refractivity contribution >= 4 is 27.3 Å². The molecular formula is C15H17BrFNO2S. The van der Waals surface area contributed by atoms with Gasteiger partial charge in [-0.1, -0.05) is 0 Å². The Morgan fingerprint density at radius 3 is 2.90 bits per heavy atom. The summed E-state index contributed by atoms with van der Waals surface area (Å²) in [5.74, 6) is 0.440. The van der Waals surface area contributed by atoms with E-state index in [2.05, 4.69) is 21.2 Å². The van der Waals surface area contributed by atoms with Crippen LogP contribution >= 0.6 is 27.3 Å². The van der Waals surface area contributed by atoms with Crippen molar-refractivity contribution in [3.05, 3.63) is 50.4 Å². The second-order valence-corrected chi connectivity index (χ2v) is 6.35. The third-order valence-electron chi connectivity index (χ3n) is 2.81. The first kappa shape index (κ1) is 16.4. The van der Waals surface area contributed by atoms with Gasteiger partial charge in [0, 0.05) is 40.5 Å². The second kappa shape index (κ2) is 8.48. The minimum atomic E-state index is -0.259. The van der Waals surface area contributed by atoms with Crippen molar-refractivity contribution in [1.29, 1.82) is 0 Å². The molecule has 0 bridgehead atoms. The van der Waals surface area contributed by atoms with Crippen molar-refractivity contribution in [2.24, 2.45) is 0 Å². The number of methoxy groups -OCH3 is 1. The lowest BCUT2D eigenvalue weighted by Crippen LogP contribution is -2.19. The van der Waals surface area contributed by atoms with Crippen LogP contribution in [0.4, 0.5) is 4.39 Å². The maximum atomic E-state index is 13.4. The van der Waals surface area contributed by atoms with Crippen molar-refractivity contribution in [3.63, 3.8) is 0 Å². The molecule has 1 heterocycles. The number of ether oxygens (including phenoxy) is 2. The molecule has 0 saturated heterocycles. The highest BCUT2D eigenvalue weighted by Crippen LogP contribution is 2.24. The van der Waals surface area contributed by atoms with E-state index < -0.39 is 0 Å². The summed E-state index contributed by atoms with van der Waals surface area (Å²) in [6.07, 6.45) is 0. The Morgan fingerprint density at radius 2 is 2.19 bits per heavy atom. The number of hydrogen-bond donors (Lipinski definition) is 1. The van der Waals surface area contributed by atoms with Crippen LogP contribution in [0.3, 0.4) is 0 Å². The Kier molecular flexibility index (Phi) is 6.63. The minimum absolute atomic E-state index is 0.259. The van der Waals surface area contributed by atoms with E-state index in [1.807, 2.05) is 11.4 Å². The summed E-state index contributed by atoms with van der Waals surface area (Å²) in [5, 5.41) is 5.21. The zero-order chi connectivity index (χ0) is 15.1. The van der Waals surface area contributed by atoms with Crippen molar-refractivity contribution < 1.29 is 13.9 Å². The molecule has 0 spiro atoms. The van der Waals surface area contributed by atoms with Crippen LogP contribution in [0.5, 0.6) is 5.75 Å². The molecule has 0 fully saturated rings. The fourth-order valence-electron chi connectivity index (χ4n) is 1.80. The van der Waals surface area contributed by atoms with Gasteiger partial charge in [0.15, 0.2) is 0 Å². The predicted octanol–water partition coefficient (Wildman–Crippen LogP) is 3.96. The SMILES string of the molecule is COCCNCc1cc(F)ccc1OCc1cc(Br)cs1. The molecule has 0 amide bonds. The molecular weight excluding hydrogens is 357 g/mol. The summed E-state index contributed by atoms with van der Waals surface area (Å²) >= 11 is 5.04. The molecule has 1 N–H and O–H groups in total. The summed E-state index contributed by atoms with van der Waals surface area (Å²) < 4.78 is 25.2. The highest BCUT2D eigenvalue weighted by atomic mass is 79.9. The molecule has 6 heteroatoms. The lowest BCUT2D eigenvalue weighted by Gasteiger charge is -2.12. The first-order valence-electron chi connectivity index (χ1n) is 6.53. The minimum Gasteiger partial charge on any atom is -0.488 e. The average molecular weight is 374 g/mol. The van der Waals surface area contributed by atoms with Crippen LogP contribution in [0.1, 0.15) is 10.4 Å². The van der Waals surface area contributed by atoms with E-state index in [1.165, 1.54) is 12.1 Å². The molecule has 0 unspecified atom stereocenters. The van der Waals surface area contributed by atoms with Gasteiger partial charge < -0.3 is 14.8 Å². The van der Waals surface area contributed by atoms with Gasteiger partial charge in [-0.25, -0.2) is 4.39 Å². The standard InChI is InChI=1S/C15H17BrFNO2S/c1-19-5-4-18-8-11-6-13(17)2-3-15(11)20-9-14-7-12(16)10-21-14/h2-3,6-7,10,18H,4-5,8-9H2,1H3. The van der Waals surface area contributed by atoms with Crippen molar-refractivity contribution in [2.45, 2.75) is 13.2 Å². The lowest BCUT2D eigenvalue weighted by atomic mass is 10.2. The maximum absolute atomic E-state index is 13.4. The zero-order valence-electron chi connectivity index (χ0n) is 11.7. The van der Waals surface area contributed by atoms with E-state index in [4.69, 9.17) is 9.47 Å². The Labute approximate surface area is 136 Å². The van der Waals surface area contributed by atoms with Crippen molar-refractivity contribution in [2.75, 3.05) is 20.3 Å². The summed E-state index contributed by atoms with van der Waals surface area (Å²) in [5.41, 5.74) is 0.807. The third kappa shape index (κ3) is 5.39. The van der Waals surface area contributed by atoms with E-state index in [0.717, 1.165) is 14.9 Å². The highest BCUT2D eigenvalue weighted by molar-refractivity contribution is 9.10. The molecule has 0 atom stereocenters. The summed E-state index contributed by atoms with van der Waals surface area (Å²) in [7, 11) is 1.65. The van der Waals surface area contributed by atoms with E-state index in [-0.39, 0.29) is 5.82 Å². The number of nitrogens with one attached hydrogen (secondary N) is 1. The molecule has 3 nitrogen and oxygen atoms in total. The van der Waals surface area contributed by atoms with Crippen LogP contribution in [0.2, 0.25) is 0 Å². The van der Waals surface area contributed by atoms with Gasteiger partial charge in [0.05, 0.1) is 6.61 Å². The molecule has 21 heavy (non-hydrogen) atoms. The van der Waals surface area contributed by atoms with Gasteiger partial charge in [-0.15, -0.1) is 11.3 Å². The summed E-state index contributed by atoms with van der Waals surface area (Å²) in [6.45, 7) is 2.36. The van der Waals surface area contributed by atoms with E-state index in [0.29, 0.717) is 32.1 Å². The molecule has 1 aromatic carbocycles. The fourth-order valence-corrected chi connectivity index (χ4v) is 3.16. The largest absolute Gasteiger partial charge is 0.488 e. The van der Waals surface area contributed by atoms with Crippen LogP contribution in [0, 0.1) is 5.82 Å². The fraction of sp³-hybridized carbons (Fsp3) is 0.333. The van der Waals surface area contributed by atoms with E-state index in [1.54, 1.807) is 24.5 Å². The van der Waals surface area contributed by atoms with Crippen LogP contribution in [-0.4, -0.2) is 20.3 Å². The maximum Gasteiger partial charge on any atom is 0.124 e. The molecule has 0 saturated carbocycles. The van der Waals surface area contributed by atoms with Crippen molar-refractivity contribution in [3.8, 4) is 5.75 Å². The van der Waals surface area contributed by atoms with Crippen molar-refractivity contribution in [1.82, 2.24) is 5.32 Å². The monoisotopic (exact) mass is 373 g/mol. The Balaban J connectivity index is 1.97. The highest BCUT2D eigenvalue weighted by Gasteiger charge is 2.07. The van der Waals surface area contributed by atoms with Gasteiger partial charge in [0.25, 0.3) is 0 Å². The quantitative estimate of drug-likeness (QED) is 0.710. The van der Waals surface area contributed by atoms with Gasteiger partial charge in [-0.2, -0.15) is 0 Å². The Morgan fingerprint density at radius 1 is 1.33 bits per heavy atom. The predicted molar refractivity (Wildman–Crippen MR) is 86.3 cm³/mol. The normalized spacial score (nSPS) is 10.8. The van der Waals surface area contributed by atoms with E-state index in [9.17, 15) is 4.39 Å². The Bertz CT molecular complexity index is 577. The number of halogens is 2. The molecule has 114 valence electrons. The summed E-state index contributed by atoms with van der Waals surface area (Å²) in [6, 6.07) is 6.60. The van der Waals surface area contributed by atoms with Gasteiger partial charge in [0.2, 0.25) is 0 Å². The molecule has 2 rings (SSSR count). The average Bonchev–Trinajstić information content (AvgIpc) is 2.88. The number of benzene rings is 1. The lowest BCUT2D eigenvalue weighted by molar-refractivity contribution is 0.199. The van der Waals surface area contributed by atoms with E-state index >= 15 is 0 Å². The number of rotatable bonds is 8. The topological polar surface area (TPSA) is 30.5 Å². The summed E-state index contributed by atoms with van der Waals surface area (Å²) in [4.78, 5) is 1.12. The van der Waals surface area contributed by atoms with Crippen LogP contribution in [0.25, 0.3) is 0 Å². The first-order valence-corrected chi connectivity index (χ1v) is 8.20. The van der Waals surface area contributed by atoms with Gasteiger partial charge in [-0.05, 0) is 40.2 Å². The number of thiophene rings is 1. The molecule has 1 aromatic heterocycles. The molecule has 0 aliphatic carbocycles. The molecule has 0 aliphatic heterocycles. The first-order chi connectivity index (χ1) is 10.2. The van der Waals surface area contributed by atoms with Crippen LogP contribution < -0.4 is 10.1 Å². The van der Waals surface area contributed by atoms with Gasteiger partial charge in [-0.3, -0.25) is 0 Å². The molecule has 2 aromatic rings. The van der Waals surface area contributed by atoms with Gasteiger partial charge in [0.1, 0.15) is 18.2 Å².